The van der Waals surface area contributed by atoms with Crippen molar-refractivity contribution in [2.45, 2.75) is 32.4 Å². The maximum absolute atomic E-state index is 6.20. The first-order chi connectivity index (χ1) is 10.1. The zero-order chi connectivity index (χ0) is 15.2. The second-order valence-electron chi connectivity index (χ2n) is 5.13. The minimum atomic E-state index is 0.372. The van der Waals surface area contributed by atoms with Crippen molar-refractivity contribution in [3.05, 3.63) is 68.7 Å². The monoisotopic (exact) mass is 341 g/mol. The molecule has 0 aliphatic rings. The van der Waals surface area contributed by atoms with Crippen molar-refractivity contribution in [3.63, 3.8) is 0 Å². The van der Waals surface area contributed by atoms with Crippen LogP contribution < -0.4 is 5.32 Å². The van der Waals surface area contributed by atoms with Gasteiger partial charge >= 0.3 is 0 Å². The van der Waals surface area contributed by atoms with Gasteiger partial charge in [0.15, 0.2) is 0 Å². The lowest BCUT2D eigenvalue weighted by molar-refractivity contribution is 0.514. The third-order valence-electron chi connectivity index (χ3n) is 3.48. The Morgan fingerprint density at radius 2 is 1.62 bits per heavy atom. The van der Waals surface area contributed by atoms with E-state index in [2.05, 4.69) is 36.5 Å². The van der Waals surface area contributed by atoms with Crippen LogP contribution in [-0.2, 0) is 13.0 Å². The molecule has 0 saturated carbocycles. The average Bonchev–Trinajstić information content (AvgIpc) is 2.50. The van der Waals surface area contributed by atoms with Crippen LogP contribution in [0.5, 0.6) is 0 Å². The average molecular weight is 343 g/mol. The highest BCUT2D eigenvalue weighted by atomic mass is 35.5. The summed E-state index contributed by atoms with van der Waals surface area (Å²) in [5.74, 6) is 0. The molecule has 1 unspecified atom stereocenters. The van der Waals surface area contributed by atoms with Crippen LogP contribution in [0.4, 0.5) is 0 Å². The van der Waals surface area contributed by atoms with Crippen LogP contribution in [-0.4, -0.2) is 6.04 Å². The van der Waals surface area contributed by atoms with Crippen LogP contribution in [0.1, 0.15) is 24.5 Å². The Kier molecular flexibility index (Phi) is 6.38. The molecule has 0 amide bonds. The van der Waals surface area contributed by atoms with Gasteiger partial charge in [-0.15, -0.1) is 0 Å². The Morgan fingerprint density at radius 3 is 2.33 bits per heavy atom. The molecule has 112 valence electrons. The topological polar surface area (TPSA) is 12.0 Å². The van der Waals surface area contributed by atoms with E-state index in [1.165, 1.54) is 5.56 Å². The highest BCUT2D eigenvalue weighted by Crippen LogP contribution is 2.31. The molecule has 0 spiro atoms. The number of rotatable bonds is 6. The second kappa shape index (κ2) is 8.05. The number of hydrogen-bond acceptors (Lipinski definition) is 1. The molecule has 2 aromatic carbocycles. The minimum Gasteiger partial charge on any atom is -0.310 e. The predicted octanol–water partition coefficient (Wildman–Crippen LogP) is 5.76. The van der Waals surface area contributed by atoms with Gasteiger partial charge in [-0.3, -0.25) is 0 Å². The summed E-state index contributed by atoms with van der Waals surface area (Å²) in [5.41, 5.74) is 2.21. The molecule has 2 aromatic rings. The molecule has 2 rings (SSSR count). The molecule has 0 radical (unpaired) electrons. The summed E-state index contributed by atoms with van der Waals surface area (Å²) in [4.78, 5) is 0. The molecule has 4 heteroatoms. The van der Waals surface area contributed by atoms with E-state index in [4.69, 9.17) is 34.8 Å². The smallest absolute Gasteiger partial charge is 0.0652 e. The number of hydrogen-bond donors (Lipinski definition) is 1. The largest absolute Gasteiger partial charge is 0.310 e. The van der Waals surface area contributed by atoms with Crippen molar-refractivity contribution in [1.29, 1.82) is 0 Å². The number of nitrogens with one attached hydrogen (secondary N) is 1. The van der Waals surface area contributed by atoms with E-state index in [0.717, 1.165) is 18.4 Å². The van der Waals surface area contributed by atoms with Crippen molar-refractivity contribution in [2.24, 2.45) is 0 Å². The second-order valence-corrected chi connectivity index (χ2v) is 6.32. The molecule has 0 aliphatic heterocycles. The fraction of sp³-hybridized carbons (Fsp3) is 0.294. The third-order valence-corrected chi connectivity index (χ3v) is 4.67. The molecule has 0 fully saturated rings. The molecule has 1 atom stereocenters. The SMILES string of the molecule is CC(CCc1ccccc1)NCc1c(Cl)ccc(Cl)c1Cl. The quantitative estimate of drug-likeness (QED) is 0.658. The lowest BCUT2D eigenvalue weighted by Gasteiger charge is -2.16. The Balaban J connectivity index is 1.87. The first-order valence-corrected chi connectivity index (χ1v) is 8.11. The highest BCUT2D eigenvalue weighted by molar-refractivity contribution is 6.44. The van der Waals surface area contributed by atoms with Crippen molar-refractivity contribution in [2.75, 3.05) is 0 Å². The van der Waals surface area contributed by atoms with E-state index < -0.39 is 0 Å². The van der Waals surface area contributed by atoms with Crippen LogP contribution in [0.2, 0.25) is 15.1 Å². The van der Waals surface area contributed by atoms with Gasteiger partial charge in [-0.2, -0.15) is 0 Å². The summed E-state index contributed by atoms with van der Waals surface area (Å²) in [5, 5.41) is 5.17. The summed E-state index contributed by atoms with van der Waals surface area (Å²) in [7, 11) is 0. The number of aryl methyl sites for hydroxylation is 1. The van der Waals surface area contributed by atoms with E-state index >= 15 is 0 Å². The van der Waals surface area contributed by atoms with Crippen LogP contribution in [0.3, 0.4) is 0 Å². The van der Waals surface area contributed by atoms with E-state index in [0.29, 0.717) is 27.7 Å². The van der Waals surface area contributed by atoms with Gasteiger partial charge in [-0.05, 0) is 37.5 Å². The molecule has 21 heavy (non-hydrogen) atoms. The van der Waals surface area contributed by atoms with Gasteiger partial charge in [-0.25, -0.2) is 0 Å². The van der Waals surface area contributed by atoms with Crippen molar-refractivity contribution >= 4 is 34.8 Å². The fourth-order valence-corrected chi connectivity index (χ4v) is 2.82. The summed E-state index contributed by atoms with van der Waals surface area (Å²) >= 11 is 18.4. The third kappa shape index (κ3) is 4.89. The van der Waals surface area contributed by atoms with Gasteiger partial charge in [0, 0.05) is 23.2 Å². The molecule has 0 bridgehead atoms. The van der Waals surface area contributed by atoms with Crippen molar-refractivity contribution in [1.82, 2.24) is 5.32 Å². The molecule has 0 aliphatic carbocycles. The Hall–Kier alpha value is -0.730. The first kappa shape index (κ1) is 16.6. The molecule has 0 aromatic heterocycles. The molecular formula is C17H18Cl3N. The summed E-state index contributed by atoms with van der Waals surface area (Å²) in [6, 6.07) is 14.3. The summed E-state index contributed by atoms with van der Waals surface area (Å²) < 4.78 is 0. The fourth-order valence-electron chi connectivity index (χ4n) is 2.14. The number of halogens is 3. The zero-order valence-corrected chi connectivity index (χ0v) is 14.1. The Morgan fingerprint density at radius 1 is 0.952 bits per heavy atom. The van der Waals surface area contributed by atoms with Crippen LogP contribution in [0.25, 0.3) is 0 Å². The zero-order valence-electron chi connectivity index (χ0n) is 11.9. The van der Waals surface area contributed by atoms with Gasteiger partial charge in [0.05, 0.1) is 10.0 Å². The summed E-state index contributed by atoms with van der Waals surface area (Å²) in [6.07, 6.45) is 2.10. The maximum atomic E-state index is 6.20. The maximum Gasteiger partial charge on any atom is 0.0652 e. The lowest BCUT2D eigenvalue weighted by Crippen LogP contribution is -2.26. The molecule has 0 saturated heterocycles. The minimum absolute atomic E-state index is 0.372. The lowest BCUT2D eigenvalue weighted by atomic mass is 10.1. The van der Waals surface area contributed by atoms with E-state index in [9.17, 15) is 0 Å². The Labute approximate surface area is 141 Å². The number of benzene rings is 2. The molecule has 1 N–H and O–H groups in total. The van der Waals surface area contributed by atoms with Crippen molar-refractivity contribution < 1.29 is 0 Å². The molecular weight excluding hydrogens is 325 g/mol. The van der Waals surface area contributed by atoms with Gasteiger partial charge < -0.3 is 5.32 Å². The van der Waals surface area contributed by atoms with E-state index in [-0.39, 0.29) is 0 Å². The molecule has 1 nitrogen and oxygen atoms in total. The van der Waals surface area contributed by atoms with E-state index in [1.54, 1.807) is 12.1 Å². The van der Waals surface area contributed by atoms with Gasteiger partial charge in [-0.1, -0.05) is 65.1 Å². The van der Waals surface area contributed by atoms with Gasteiger partial charge in [0.25, 0.3) is 0 Å². The first-order valence-electron chi connectivity index (χ1n) is 6.97. The predicted molar refractivity (Wildman–Crippen MR) is 92.5 cm³/mol. The van der Waals surface area contributed by atoms with Crippen molar-refractivity contribution in [3.8, 4) is 0 Å². The van der Waals surface area contributed by atoms with E-state index in [1.807, 2.05) is 6.07 Å². The Bertz CT molecular complexity index is 584. The van der Waals surface area contributed by atoms with Gasteiger partial charge in [0.1, 0.15) is 0 Å². The normalized spacial score (nSPS) is 12.4. The standard InChI is InChI=1S/C17H18Cl3N/c1-12(7-8-13-5-3-2-4-6-13)21-11-14-15(18)9-10-16(19)17(14)20/h2-6,9-10,12,21H,7-8,11H2,1H3. The van der Waals surface area contributed by atoms with Crippen LogP contribution >= 0.6 is 34.8 Å². The van der Waals surface area contributed by atoms with Crippen LogP contribution in [0.15, 0.2) is 42.5 Å². The van der Waals surface area contributed by atoms with Crippen LogP contribution in [0, 0.1) is 0 Å². The molecule has 0 heterocycles. The highest BCUT2D eigenvalue weighted by Gasteiger charge is 2.11. The van der Waals surface area contributed by atoms with Gasteiger partial charge in [0.2, 0.25) is 0 Å². The summed E-state index contributed by atoms with van der Waals surface area (Å²) in [6.45, 7) is 2.78.